The van der Waals surface area contributed by atoms with Gasteiger partial charge in [-0.25, -0.2) is 0 Å². The van der Waals surface area contributed by atoms with E-state index in [-0.39, 0.29) is 19.8 Å². The minimum Gasteiger partial charge on any atom is -0.396 e. The Kier molecular flexibility index (Phi) is 20.4. The summed E-state index contributed by atoms with van der Waals surface area (Å²) >= 11 is 0. The molecule has 0 saturated heterocycles. The van der Waals surface area contributed by atoms with Crippen molar-refractivity contribution in [3.8, 4) is 0 Å². The predicted molar refractivity (Wildman–Crippen MR) is 116 cm³/mol. The van der Waals surface area contributed by atoms with E-state index in [1.165, 1.54) is 96.3 Å². The zero-order chi connectivity index (χ0) is 20.1. The Hall–Kier alpha value is -0.160. The van der Waals surface area contributed by atoms with Crippen LogP contribution in [0.4, 0.5) is 0 Å². The van der Waals surface area contributed by atoms with Crippen LogP contribution >= 0.6 is 0 Å². The molecule has 0 rings (SSSR count). The van der Waals surface area contributed by atoms with E-state index in [0.29, 0.717) is 6.54 Å². The summed E-state index contributed by atoms with van der Waals surface area (Å²) in [6, 6.07) is 0. The molecule has 0 aliphatic carbocycles. The molecule has 164 valence electrons. The highest BCUT2D eigenvalue weighted by Gasteiger charge is 2.27. The maximum absolute atomic E-state index is 9.26. The third kappa shape index (κ3) is 16.5. The zero-order valence-corrected chi connectivity index (χ0v) is 18.2. The SMILES string of the molecule is CCCCCCCCCCCCCCCCCCNCC(CO)(CO)CO. The molecule has 0 fully saturated rings. The van der Waals surface area contributed by atoms with E-state index in [4.69, 9.17) is 0 Å². The molecule has 0 aromatic carbocycles. The Balaban J connectivity index is 3.19. The molecule has 0 saturated carbocycles. The van der Waals surface area contributed by atoms with Gasteiger partial charge in [-0.15, -0.1) is 0 Å². The molecule has 4 heteroatoms. The van der Waals surface area contributed by atoms with Crippen molar-refractivity contribution in [3.05, 3.63) is 0 Å². The number of unbranched alkanes of at least 4 members (excludes halogenated alkanes) is 15. The lowest BCUT2D eigenvalue weighted by Gasteiger charge is -2.27. The van der Waals surface area contributed by atoms with Crippen LogP contribution in [0, 0.1) is 5.41 Å². The second-order valence-electron chi connectivity index (χ2n) is 8.45. The summed E-state index contributed by atoms with van der Waals surface area (Å²) in [4.78, 5) is 0. The minimum atomic E-state index is -0.783. The molecule has 0 spiro atoms. The lowest BCUT2D eigenvalue weighted by atomic mass is 9.91. The van der Waals surface area contributed by atoms with Crippen LogP contribution in [0.5, 0.6) is 0 Å². The predicted octanol–water partition coefficient (Wildman–Crippen LogP) is 4.80. The van der Waals surface area contributed by atoms with Crippen LogP contribution in [-0.4, -0.2) is 48.2 Å². The van der Waals surface area contributed by atoms with Gasteiger partial charge in [0.1, 0.15) is 0 Å². The number of rotatable bonds is 22. The standard InChI is InChI=1S/C23H49NO3/c1-2-3-4-5-6-7-8-9-10-11-12-13-14-15-16-17-18-24-19-23(20-25,21-26)22-27/h24-27H,2-22H2,1H3. The van der Waals surface area contributed by atoms with Gasteiger partial charge in [0.2, 0.25) is 0 Å². The van der Waals surface area contributed by atoms with Gasteiger partial charge in [0.15, 0.2) is 0 Å². The first kappa shape index (κ1) is 26.8. The molecule has 0 aliphatic heterocycles. The molecule has 4 N–H and O–H groups in total. The van der Waals surface area contributed by atoms with Gasteiger partial charge >= 0.3 is 0 Å². The average Bonchev–Trinajstić information content (AvgIpc) is 2.70. The topological polar surface area (TPSA) is 72.7 Å². The van der Waals surface area contributed by atoms with Crippen molar-refractivity contribution in [1.82, 2.24) is 5.32 Å². The van der Waals surface area contributed by atoms with E-state index in [1.807, 2.05) is 0 Å². The molecule has 0 aromatic rings. The summed E-state index contributed by atoms with van der Waals surface area (Å²) in [7, 11) is 0. The summed E-state index contributed by atoms with van der Waals surface area (Å²) in [5, 5.41) is 31.0. The lowest BCUT2D eigenvalue weighted by Crippen LogP contribution is -2.43. The average molecular weight is 388 g/mol. The Labute approximate surface area is 169 Å². The fourth-order valence-electron chi connectivity index (χ4n) is 3.47. The van der Waals surface area contributed by atoms with Crippen LogP contribution in [0.15, 0.2) is 0 Å². The van der Waals surface area contributed by atoms with Gasteiger partial charge in [-0.1, -0.05) is 103 Å². The third-order valence-electron chi connectivity index (χ3n) is 5.71. The first-order valence-corrected chi connectivity index (χ1v) is 11.8. The molecule has 0 unspecified atom stereocenters. The highest BCUT2D eigenvalue weighted by atomic mass is 16.3. The molecule has 0 radical (unpaired) electrons. The molecule has 27 heavy (non-hydrogen) atoms. The Morgan fingerprint density at radius 3 is 1.19 bits per heavy atom. The van der Waals surface area contributed by atoms with E-state index >= 15 is 0 Å². The van der Waals surface area contributed by atoms with E-state index < -0.39 is 5.41 Å². The quantitative estimate of drug-likeness (QED) is 0.201. The van der Waals surface area contributed by atoms with Crippen LogP contribution in [0.3, 0.4) is 0 Å². The van der Waals surface area contributed by atoms with Crippen molar-refractivity contribution >= 4 is 0 Å². The van der Waals surface area contributed by atoms with Crippen molar-refractivity contribution in [2.75, 3.05) is 32.9 Å². The Morgan fingerprint density at radius 1 is 0.519 bits per heavy atom. The van der Waals surface area contributed by atoms with Gasteiger partial charge in [-0.3, -0.25) is 0 Å². The molecule has 0 aliphatic rings. The zero-order valence-electron chi connectivity index (χ0n) is 18.2. The van der Waals surface area contributed by atoms with E-state index in [0.717, 1.165) is 13.0 Å². The fraction of sp³-hybridized carbons (Fsp3) is 1.00. The Bertz CT molecular complexity index is 275. The number of aliphatic hydroxyl groups excluding tert-OH is 3. The van der Waals surface area contributed by atoms with Gasteiger partial charge in [0.25, 0.3) is 0 Å². The minimum absolute atomic E-state index is 0.189. The van der Waals surface area contributed by atoms with Crippen LogP contribution in [-0.2, 0) is 0 Å². The first-order valence-electron chi connectivity index (χ1n) is 11.8. The highest BCUT2D eigenvalue weighted by molar-refractivity contribution is 4.79. The van der Waals surface area contributed by atoms with Crippen LogP contribution in [0.1, 0.15) is 110 Å². The fourth-order valence-corrected chi connectivity index (χ4v) is 3.47. The van der Waals surface area contributed by atoms with Crippen LogP contribution in [0.25, 0.3) is 0 Å². The van der Waals surface area contributed by atoms with Crippen molar-refractivity contribution in [2.24, 2.45) is 5.41 Å². The maximum atomic E-state index is 9.26. The van der Waals surface area contributed by atoms with Gasteiger partial charge in [0.05, 0.1) is 25.2 Å². The normalized spacial score (nSPS) is 12.0. The van der Waals surface area contributed by atoms with Crippen molar-refractivity contribution in [2.45, 2.75) is 110 Å². The lowest BCUT2D eigenvalue weighted by molar-refractivity contribution is 0.00651. The number of nitrogens with one attached hydrogen (secondary N) is 1. The molecule has 0 atom stereocenters. The largest absolute Gasteiger partial charge is 0.396 e. The molecule has 4 nitrogen and oxygen atoms in total. The molecule has 0 heterocycles. The summed E-state index contributed by atoms with van der Waals surface area (Å²) in [6.07, 6.45) is 21.9. The summed E-state index contributed by atoms with van der Waals surface area (Å²) in [6.45, 7) is 3.07. The number of hydrogen-bond donors (Lipinski definition) is 4. The van der Waals surface area contributed by atoms with E-state index in [1.54, 1.807) is 0 Å². The maximum Gasteiger partial charge on any atom is 0.0543 e. The van der Waals surface area contributed by atoms with Crippen molar-refractivity contribution < 1.29 is 15.3 Å². The summed E-state index contributed by atoms with van der Waals surface area (Å²) in [5.74, 6) is 0. The van der Waals surface area contributed by atoms with Gasteiger partial charge in [-0.05, 0) is 13.0 Å². The molecular weight excluding hydrogens is 338 g/mol. The van der Waals surface area contributed by atoms with Gasteiger partial charge < -0.3 is 20.6 Å². The van der Waals surface area contributed by atoms with Crippen LogP contribution in [0.2, 0.25) is 0 Å². The van der Waals surface area contributed by atoms with E-state index in [2.05, 4.69) is 12.2 Å². The monoisotopic (exact) mass is 387 g/mol. The van der Waals surface area contributed by atoms with Crippen molar-refractivity contribution in [1.29, 1.82) is 0 Å². The van der Waals surface area contributed by atoms with Gasteiger partial charge in [0, 0.05) is 6.54 Å². The molecule has 0 amide bonds. The smallest absolute Gasteiger partial charge is 0.0543 e. The molecular formula is C23H49NO3. The van der Waals surface area contributed by atoms with Crippen LogP contribution < -0.4 is 5.32 Å². The molecule has 0 aromatic heterocycles. The molecule has 0 bridgehead atoms. The number of aliphatic hydroxyl groups is 3. The van der Waals surface area contributed by atoms with Crippen molar-refractivity contribution in [3.63, 3.8) is 0 Å². The second-order valence-corrected chi connectivity index (χ2v) is 8.45. The second kappa shape index (κ2) is 20.6. The van der Waals surface area contributed by atoms with Gasteiger partial charge in [-0.2, -0.15) is 0 Å². The first-order chi connectivity index (χ1) is 13.2. The number of hydrogen-bond acceptors (Lipinski definition) is 4. The third-order valence-corrected chi connectivity index (χ3v) is 5.71. The highest BCUT2D eigenvalue weighted by Crippen LogP contribution is 2.14. The summed E-state index contributed by atoms with van der Waals surface area (Å²) in [5.41, 5.74) is -0.783. The summed E-state index contributed by atoms with van der Waals surface area (Å²) < 4.78 is 0. The van der Waals surface area contributed by atoms with E-state index in [9.17, 15) is 15.3 Å². The Morgan fingerprint density at radius 2 is 0.852 bits per heavy atom.